The molecule has 0 unspecified atom stereocenters. The van der Waals surface area contributed by atoms with Gasteiger partial charge in [0.1, 0.15) is 0 Å². The van der Waals surface area contributed by atoms with E-state index >= 15 is 0 Å². The summed E-state index contributed by atoms with van der Waals surface area (Å²) in [7, 11) is 0. The van der Waals surface area contributed by atoms with E-state index in [0.29, 0.717) is 12.8 Å². The third-order valence-electron chi connectivity index (χ3n) is 3.53. The van der Waals surface area contributed by atoms with Crippen LogP contribution in [-0.4, -0.2) is 6.98 Å². The van der Waals surface area contributed by atoms with Gasteiger partial charge in [-0.25, -0.2) is 0 Å². The van der Waals surface area contributed by atoms with Gasteiger partial charge in [-0.15, -0.1) is 0 Å². The van der Waals surface area contributed by atoms with Gasteiger partial charge in [-0.05, 0) is 17.9 Å². The Labute approximate surface area is 143 Å². The van der Waals surface area contributed by atoms with Crippen LogP contribution in [0.4, 0.5) is 12.9 Å². The van der Waals surface area contributed by atoms with Gasteiger partial charge in [0.25, 0.3) is 0 Å². The molecule has 0 amide bonds. The molecular formula is C12H15BF3K. The second kappa shape index (κ2) is 6.76. The molecule has 2 rings (SSSR count). The van der Waals surface area contributed by atoms with Gasteiger partial charge < -0.3 is 12.9 Å². The molecule has 0 bridgehead atoms. The molecule has 0 aliphatic heterocycles. The van der Waals surface area contributed by atoms with Gasteiger partial charge in [0.2, 0.25) is 0 Å². The maximum atomic E-state index is 12.9. The fourth-order valence-corrected chi connectivity index (χ4v) is 2.73. The summed E-state index contributed by atoms with van der Waals surface area (Å²) in [6.45, 7) is -4.71. The summed E-state index contributed by atoms with van der Waals surface area (Å²) in [6, 6.07) is 9.14. The molecule has 1 saturated carbocycles. The second-order valence-corrected chi connectivity index (χ2v) is 4.59. The number of rotatable bonds is 2. The van der Waals surface area contributed by atoms with Gasteiger partial charge in [-0.2, -0.15) is 0 Å². The Bertz CT molecular complexity index is 339. The monoisotopic (exact) mass is 266 g/mol. The van der Waals surface area contributed by atoms with E-state index < -0.39 is 12.8 Å². The largest absolute Gasteiger partial charge is 1.00 e. The summed E-state index contributed by atoms with van der Waals surface area (Å²) in [5.74, 6) is -1.40. The van der Waals surface area contributed by atoms with Crippen LogP contribution in [0.15, 0.2) is 30.3 Å². The van der Waals surface area contributed by atoms with Crippen molar-refractivity contribution in [2.75, 3.05) is 0 Å². The molecule has 0 saturated heterocycles. The topological polar surface area (TPSA) is 0 Å². The SMILES string of the molecule is F[B-](F)(F)[C@@H]1CCCC[C@@H]1c1ccccc1.[K+]. The summed E-state index contributed by atoms with van der Waals surface area (Å²) < 4.78 is 38.8. The molecule has 0 nitrogen and oxygen atoms in total. The van der Waals surface area contributed by atoms with Crippen LogP contribution in [0.5, 0.6) is 0 Å². The number of hydrogen-bond donors (Lipinski definition) is 0. The fourth-order valence-electron chi connectivity index (χ4n) is 2.73. The zero-order chi connectivity index (χ0) is 11.6. The van der Waals surface area contributed by atoms with Crippen LogP contribution in [0.3, 0.4) is 0 Å². The van der Waals surface area contributed by atoms with Gasteiger partial charge in [0.05, 0.1) is 0 Å². The Morgan fingerprint density at radius 3 is 2.12 bits per heavy atom. The van der Waals surface area contributed by atoms with Crippen LogP contribution >= 0.6 is 0 Å². The molecule has 2 atom stereocenters. The van der Waals surface area contributed by atoms with Crippen molar-refractivity contribution < 1.29 is 64.3 Å². The van der Waals surface area contributed by atoms with Crippen LogP contribution in [0, 0.1) is 0 Å². The average Bonchev–Trinajstić information content (AvgIpc) is 2.29. The standard InChI is InChI=1S/C12H15BF3.K/c14-13(15,16)12-9-5-4-8-11(12)10-6-2-1-3-7-10;/h1-3,6-7,11-12H,4-5,8-9H2;/q-1;+1/t11-,12-;/m1./s1. The predicted molar refractivity (Wildman–Crippen MR) is 60.5 cm³/mol. The quantitative estimate of drug-likeness (QED) is 0.713. The number of halogens is 3. The Morgan fingerprint density at radius 2 is 1.53 bits per heavy atom. The Morgan fingerprint density at radius 1 is 0.941 bits per heavy atom. The van der Waals surface area contributed by atoms with Crippen molar-refractivity contribution in [1.82, 2.24) is 0 Å². The predicted octanol–water partition coefficient (Wildman–Crippen LogP) is 1.57. The minimum atomic E-state index is -4.71. The molecular weight excluding hydrogens is 251 g/mol. The molecule has 0 spiro atoms. The van der Waals surface area contributed by atoms with E-state index in [1.165, 1.54) is 0 Å². The molecule has 0 radical (unpaired) electrons. The van der Waals surface area contributed by atoms with Gasteiger partial charge in [0, 0.05) is 0 Å². The van der Waals surface area contributed by atoms with Gasteiger partial charge in [0.15, 0.2) is 0 Å². The fraction of sp³-hybridized carbons (Fsp3) is 0.500. The van der Waals surface area contributed by atoms with Crippen LogP contribution in [0.1, 0.15) is 37.2 Å². The molecule has 1 aliphatic rings. The first kappa shape index (κ1) is 15.8. The van der Waals surface area contributed by atoms with Crippen LogP contribution in [0.25, 0.3) is 0 Å². The maximum absolute atomic E-state index is 12.9. The van der Waals surface area contributed by atoms with Crippen LogP contribution < -0.4 is 51.4 Å². The Kier molecular flexibility index (Phi) is 6.27. The van der Waals surface area contributed by atoms with Crippen molar-refractivity contribution in [3.63, 3.8) is 0 Å². The molecule has 5 heteroatoms. The zero-order valence-electron chi connectivity index (χ0n) is 10.1. The molecule has 1 fully saturated rings. The van der Waals surface area contributed by atoms with Gasteiger partial charge >= 0.3 is 58.4 Å². The van der Waals surface area contributed by atoms with Crippen molar-refractivity contribution in [3.8, 4) is 0 Å². The minimum absolute atomic E-state index is 0. The first-order valence-electron chi connectivity index (χ1n) is 5.84. The molecule has 1 aliphatic carbocycles. The van der Waals surface area contributed by atoms with Crippen molar-refractivity contribution in [1.29, 1.82) is 0 Å². The normalized spacial score (nSPS) is 25.1. The summed E-state index contributed by atoms with van der Waals surface area (Å²) >= 11 is 0. The van der Waals surface area contributed by atoms with Crippen molar-refractivity contribution in [2.45, 2.75) is 37.4 Å². The van der Waals surface area contributed by atoms with E-state index in [9.17, 15) is 12.9 Å². The van der Waals surface area contributed by atoms with E-state index in [0.717, 1.165) is 18.4 Å². The van der Waals surface area contributed by atoms with E-state index in [1.807, 2.05) is 30.3 Å². The van der Waals surface area contributed by atoms with Crippen LogP contribution in [0.2, 0.25) is 5.82 Å². The maximum Gasteiger partial charge on any atom is 1.00 e. The Hall–Kier alpha value is 0.711. The molecule has 1 aromatic rings. The summed E-state index contributed by atoms with van der Waals surface area (Å²) in [5.41, 5.74) is 0.853. The smallest absolute Gasteiger partial charge is 0.449 e. The molecule has 1 aromatic carbocycles. The van der Waals surface area contributed by atoms with Crippen molar-refractivity contribution >= 4 is 6.98 Å². The van der Waals surface area contributed by atoms with Crippen molar-refractivity contribution in [2.24, 2.45) is 0 Å². The first-order chi connectivity index (χ1) is 7.59. The number of hydrogen-bond acceptors (Lipinski definition) is 0. The summed E-state index contributed by atoms with van der Waals surface area (Å²) in [5, 5.41) is 0. The third-order valence-corrected chi connectivity index (χ3v) is 3.53. The van der Waals surface area contributed by atoms with Gasteiger partial charge in [-0.1, -0.05) is 55.4 Å². The van der Waals surface area contributed by atoms with Crippen LogP contribution in [-0.2, 0) is 0 Å². The Balaban J connectivity index is 0.00000144. The zero-order valence-corrected chi connectivity index (χ0v) is 13.2. The van der Waals surface area contributed by atoms with E-state index in [4.69, 9.17) is 0 Å². The average molecular weight is 266 g/mol. The summed E-state index contributed by atoms with van der Waals surface area (Å²) in [4.78, 5) is 0. The van der Waals surface area contributed by atoms with Gasteiger partial charge in [-0.3, -0.25) is 0 Å². The summed E-state index contributed by atoms with van der Waals surface area (Å²) in [6.07, 6.45) is 2.62. The van der Waals surface area contributed by atoms with Crippen molar-refractivity contribution in [3.05, 3.63) is 35.9 Å². The second-order valence-electron chi connectivity index (χ2n) is 4.59. The van der Waals surface area contributed by atoms with E-state index in [1.54, 1.807) is 0 Å². The molecule has 0 aromatic heterocycles. The molecule has 0 heterocycles. The number of benzene rings is 1. The third kappa shape index (κ3) is 4.10. The minimum Gasteiger partial charge on any atom is -0.449 e. The van der Waals surface area contributed by atoms with E-state index in [2.05, 4.69) is 0 Å². The van der Waals surface area contributed by atoms with E-state index in [-0.39, 0.29) is 57.3 Å². The molecule has 88 valence electrons. The molecule has 0 N–H and O–H groups in total. The molecule has 17 heavy (non-hydrogen) atoms. The first-order valence-corrected chi connectivity index (χ1v) is 5.84.